The first kappa shape index (κ1) is 10.7. The van der Waals surface area contributed by atoms with E-state index in [-0.39, 0.29) is 5.91 Å². The lowest BCUT2D eigenvalue weighted by molar-refractivity contribution is 0.0774. The molecule has 3 heteroatoms. The average Bonchev–Trinajstić information content (AvgIpc) is 2.74. The summed E-state index contributed by atoms with van der Waals surface area (Å²) in [5.74, 6) is 0.0370. The zero-order valence-electron chi connectivity index (χ0n) is 9.56. The molecule has 0 saturated carbocycles. The zero-order valence-corrected chi connectivity index (χ0v) is 9.56. The molecular weight excluding hydrogens is 202 g/mol. The molecule has 84 valence electrons. The van der Waals surface area contributed by atoms with E-state index in [0.29, 0.717) is 5.56 Å². The number of fused-ring (bicyclic) bond motifs is 1. The molecule has 0 fully saturated rings. The molecule has 0 N–H and O–H groups in total. The predicted octanol–water partition coefficient (Wildman–Crippen LogP) is 2.91. The fourth-order valence-corrected chi connectivity index (χ4v) is 1.82. The van der Waals surface area contributed by atoms with Gasteiger partial charge in [-0.2, -0.15) is 0 Å². The molecule has 1 aromatic carbocycles. The van der Waals surface area contributed by atoms with Gasteiger partial charge in [-0.25, -0.2) is 0 Å². The summed E-state index contributed by atoms with van der Waals surface area (Å²) < 4.78 is 5.36. The molecule has 2 aromatic rings. The van der Waals surface area contributed by atoms with Gasteiger partial charge in [0.15, 0.2) is 0 Å². The Morgan fingerprint density at radius 1 is 1.25 bits per heavy atom. The zero-order chi connectivity index (χ0) is 11.5. The third kappa shape index (κ3) is 1.69. The lowest BCUT2D eigenvalue weighted by Gasteiger charge is -2.17. The van der Waals surface area contributed by atoms with E-state index in [9.17, 15) is 4.79 Å². The fourth-order valence-electron chi connectivity index (χ4n) is 1.82. The first-order chi connectivity index (χ1) is 7.77. The molecule has 2 rings (SSSR count). The van der Waals surface area contributed by atoms with Crippen LogP contribution in [-0.2, 0) is 0 Å². The number of rotatable bonds is 3. The minimum Gasteiger partial charge on any atom is -0.463 e. The van der Waals surface area contributed by atoms with Crippen molar-refractivity contribution in [2.45, 2.75) is 13.8 Å². The van der Waals surface area contributed by atoms with Crippen molar-refractivity contribution in [1.29, 1.82) is 0 Å². The van der Waals surface area contributed by atoms with Crippen molar-refractivity contribution >= 4 is 16.9 Å². The second kappa shape index (κ2) is 4.39. The van der Waals surface area contributed by atoms with Crippen LogP contribution < -0.4 is 0 Å². The molecule has 0 aliphatic heterocycles. The standard InChI is InChI=1S/C13H15NO2/c1-3-14(4-2)13(15)11-9-16-12-8-6-5-7-10(11)12/h5-9H,3-4H2,1-2H3. The summed E-state index contributed by atoms with van der Waals surface area (Å²) in [5.41, 5.74) is 1.41. The molecule has 0 aliphatic rings. The monoisotopic (exact) mass is 217 g/mol. The minimum absolute atomic E-state index is 0.0370. The Hall–Kier alpha value is -1.77. The van der Waals surface area contributed by atoms with E-state index >= 15 is 0 Å². The highest BCUT2D eigenvalue weighted by Gasteiger charge is 2.17. The number of para-hydroxylation sites is 1. The van der Waals surface area contributed by atoms with Crippen molar-refractivity contribution in [2.75, 3.05) is 13.1 Å². The van der Waals surface area contributed by atoms with Crippen LogP contribution in [0.4, 0.5) is 0 Å². The molecule has 0 saturated heterocycles. The first-order valence-corrected chi connectivity index (χ1v) is 5.53. The molecule has 1 amide bonds. The Bertz CT molecular complexity index is 497. The van der Waals surface area contributed by atoms with Gasteiger partial charge < -0.3 is 9.32 Å². The maximum Gasteiger partial charge on any atom is 0.257 e. The van der Waals surface area contributed by atoms with Crippen LogP contribution in [0, 0.1) is 0 Å². The normalized spacial score (nSPS) is 10.6. The van der Waals surface area contributed by atoms with Gasteiger partial charge >= 0.3 is 0 Å². The summed E-state index contributed by atoms with van der Waals surface area (Å²) in [4.78, 5) is 13.9. The van der Waals surface area contributed by atoms with E-state index in [1.807, 2.05) is 38.1 Å². The predicted molar refractivity (Wildman–Crippen MR) is 63.5 cm³/mol. The van der Waals surface area contributed by atoms with Crippen LogP contribution in [-0.4, -0.2) is 23.9 Å². The molecule has 0 aliphatic carbocycles. The van der Waals surface area contributed by atoms with Crippen LogP contribution >= 0.6 is 0 Å². The Morgan fingerprint density at radius 3 is 2.62 bits per heavy atom. The van der Waals surface area contributed by atoms with E-state index in [1.54, 1.807) is 11.2 Å². The van der Waals surface area contributed by atoms with Crippen molar-refractivity contribution in [2.24, 2.45) is 0 Å². The smallest absolute Gasteiger partial charge is 0.257 e. The first-order valence-electron chi connectivity index (χ1n) is 5.53. The topological polar surface area (TPSA) is 33.5 Å². The second-order valence-corrected chi connectivity index (χ2v) is 3.62. The van der Waals surface area contributed by atoms with Gasteiger partial charge in [0, 0.05) is 18.5 Å². The van der Waals surface area contributed by atoms with Gasteiger partial charge in [0.05, 0.1) is 5.56 Å². The summed E-state index contributed by atoms with van der Waals surface area (Å²) in [6.07, 6.45) is 1.55. The quantitative estimate of drug-likeness (QED) is 0.792. The van der Waals surface area contributed by atoms with Gasteiger partial charge in [0.25, 0.3) is 5.91 Å². The Morgan fingerprint density at radius 2 is 1.94 bits per heavy atom. The summed E-state index contributed by atoms with van der Waals surface area (Å²) >= 11 is 0. The van der Waals surface area contributed by atoms with Crippen LogP contribution in [0.1, 0.15) is 24.2 Å². The highest BCUT2D eigenvalue weighted by Crippen LogP contribution is 2.21. The van der Waals surface area contributed by atoms with E-state index in [0.717, 1.165) is 24.1 Å². The Balaban J connectivity index is 2.43. The summed E-state index contributed by atoms with van der Waals surface area (Å²) in [6, 6.07) is 7.60. The molecule has 3 nitrogen and oxygen atoms in total. The van der Waals surface area contributed by atoms with Crippen LogP contribution in [0.25, 0.3) is 11.0 Å². The fraction of sp³-hybridized carbons (Fsp3) is 0.308. The molecular formula is C13H15NO2. The van der Waals surface area contributed by atoms with E-state index < -0.39 is 0 Å². The molecule has 16 heavy (non-hydrogen) atoms. The second-order valence-electron chi connectivity index (χ2n) is 3.62. The van der Waals surface area contributed by atoms with Crippen LogP contribution in [0.2, 0.25) is 0 Å². The average molecular weight is 217 g/mol. The van der Waals surface area contributed by atoms with Gasteiger partial charge in [0.1, 0.15) is 11.8 Å². The van der Waals surface area contributed by atoms with Gasteiger partial charge in [-0.3, -0.25) is 4.79 Å². The lowest BCUT2D eigenvalue weighted by Crippen LogP contribution is -2.30. The highest BCUT2D eigenvalue weighted by atomic mass is 16.3. The summed E-state index contributed by atoms with van der Waals surface area (Å²) in [5, 5.41) is 0.888. The molecule has 1 aromatic heterocycles. The Kier molecular flexibility index (Phi) is 2.95. The molecule has 1 heterocycles. The number of benzene rings is 1. The largest absolute Gasteiger partial charge is 0.463 e. The van der Waals surface area contributed by atoms with Crippen molar-refractivity contribution in [3.05, 3.63) is 36.1 Å². The number of hydrogen-bond acceptors (Lipinski definition) is 2. The minimum atomic E-state index is 0.0370. The molecule has 0 bridgehead atoms. The summed E-state index contributed by atoms with van der Waals surface area (Å²) in [7, 11) is 0. The number of furan rings is 1. The number of nitrogens with zero attached hydrogens (tertiary/aromatic N) is 1. The number of carbonyl (C=O) groups is 1. The van der Waals surface area contributed by atoms with Crippen molar-refractivity contribution in [3.63, 3.8) is 0 Å². The third-order valence-electron chi connectivity index (χ3n) is 2.76. The lowest BCUT2D eigenvalue weighted by atomic mass is 10.1. The van der Waals surface area contributed by atoms with E-state index in [2.05, 4.69) is 0 Å². The van der Waals surface area contributed by atoms with E-state index in [1.165, 1.54) is 0 Å². The number of hydrogen-bond donors (Lipinski definition) is 0. The van der Waals surface area contributed by atoms with Crippen LogP contribution in [0.5, 0.6) is 0 Å². The molecule has 0 radical (unpaired) electrons. The maximum absolute atomic E-state index is 12.1. The van der Waals surface area contributed by atoms with Gasteiger partial charge in [-0.1, -0.05) is 18.2 Å². The van der Waals surface area contributed by atoms with Crippen molar-refractivity contribution in [3.8, 4) is 0 Å². The van der Waals surface area contributed by atoms with Crippen molar-refractivity contribution < 1.29 is 9.21 Å². The van der Waals surface area contributed by atoms with Crippen LogP contribution in [0.15, 0.2) is 34.9 Å². The number of amides is 1. The third-order valence-corrected chi connectivity index (χ3v) is 2.76. The van der Waals surface area contributed by atoms with Crippen LogP contribution in [0.3, 0.4) is 0 Å². The highest BCUT2D eigenvalue weighted by molar-refractivity contribution is 6.05. The van der Waals surface area contributed by atoms with Gasteiger partial charge in [0.2, 0.25) is 0 Å². The molecule has 0 spiro atoms. The number of carbonyl (C=O) groups excluding carboxylic acids is 1. The summed E-state index contributed by atoms with van der Waals surface area (Å²) in [6.45, 7) is 5.39. The van der Waals surface area contributed by atoms with E-state index in [4.69, 9.17) is 4.42 Å². The SMILES string of the molecule is CCN(CC)C(=O)c1coc2ccccc12. The van der Waals surface area contributed by atoms with Crippen molar-refractivity contribution in [1.82, 2.24) is 4.90 Å². The molecule has 0 atom stereocenters. The Labute approximate surface area is 94.7 Å². The van der Waals surface area contributed by atoms with Gasteiger partial charge in [-0.15, -0.1) is 0 Å². The molecule has 0 unspecified atom stereocenters. The van der Waals surface area contributed by atoms with Gasteiger partial charge in [-0.05, 0) is 19.9 Å². The maximum atomic E-state index is 12.1.